The van der Waals surface area contributed by atoms with E-state index in [9.17, 15) is 14.9 Å². The van der Waals surface area contributed by atoms with Gasteiger partial charge in [-0.2, -0.15) is 0 Å². The van der Waals surface area contributed by atoms with Crippen LogP contribution >= 0.6 is 23.4 Å². The van der Waals surface area contributed by atoms with Crippen LogP contribution in [0.25, 0.3) is 0 Å². The van der Waals surface area contributed by atoms with Crippen LogP contribution in [0.3, 0.4) is 0 Å². The van der Waals surface area contributed by atoms with E-state index in [0.29, 0.717) is 10.6 Å². The lowest BCUT2D eigenvalue weighted by molar-refractivity contribution is -0.384. The Bertz CT molecular complexity index is 673. The van der Waals surface area contributed by atoms with Crippen molar-refractivity contribution in [2.75, 3.05) is 0 Å². The van der Waals surface area contributed by atoms with Crippen LogP contribution in [0, 0.1) is 10.1 Å². The highest BCUT2D eigenvalue weighted by Gasteiger charge is 2.17. The number of benzene rings is 2. The van der Waals surface area contributed by atoms with E-state index < -0.39 is 4.92 Å². The topological polar surface area (TPSA) is 60.2 Å². The van der Waals surface area contributed by atoms with Crippen LogP contribution in [0.1, 0.15) is 17.3 Å². The minimum atomic E-state index is -0.449. The molecule has 1 atom stereocenters. The molecule has 0 fully saturated rings. The van der Waals surface area contributed by atoms with Gasteiger partial charge in [-0.1, -0.05) is 23.7 Å². The van der Waals surface area contributed by atoms with Gasteiger partial charge in [0.05, 0.1) is 10.2 Å². The Morgan fingerprint density at radius 3 is 2.48 bits per heavy atom. The van der Waals surface area contributed by atoms with E-state index in [2.05, 4.69) is 0 Å². The summed E-state index contributed by atoms with van der Waals surface area (Å²) in [7, 11) is 0. The van der Waals surface area contributed by atoms with Gasteiger partial charge in [-0.25, -0.2) is 0 Å². The van der Waals surface area contributed by atoms with Crippen LogP contribution in [-0.4, -0.2) is 16.0 Å². The monoisotopic (exact) mass is 321 g/mol. The molecule has 4 nitrogen and oxygen atoms in total. The zero-order valence-electron chi connectivity index (χ0n) is 11.2. The van der Waals surface area contributed by atoms with Crippen molar-refractivity contribution in [1.29, 1.82) is 0 Å². The van der Waals surface area contributed by atoms with Gasteiger partial charge in [-0.05, 0) is 31.2 Å². The quantitative estimate of drug-likeness (QED) is 0.349. The third-order valence-corrected chi connectivity index (χ3v) is 4.19. The molecule has 108 valence electrons. The Kier molecular flexibility index (Phi) is 4.98. The van der Waals surface area contributed by atoms with Crippen molar-refractivity contribution in [3.05, 3.63) is 69.2 Å². The van der Waals surface area contributed by atoms with Crippen LogP contribution in [0.2, 0.25) is 5.02 Å². The molecule has 0 spiro atoms. The molecule has 0 bridgehead atoms. The van der Waals surface area contributed by atoms with Gasteiger partial charge in [0.1, 0.15) is 0 Å². The molecule has 0 saturated carbocycles. The minimum absolute atomic E-state index is 0.0270. The molecule has 6 heteroatoms. The fraction of sp³-hybridized carbons (Fsp3) is 0.133. The molecule has 1 unspecified atom stereocenters. The van der Waals surface area contributed by atoms with E-state index in [4.69, 9.17) is 11.6 Å². The first-order valence-corrected chi connectivity index (χ1v) is 7.44. The van der Waals surface area contributed by atoms with Gasteiger partial charge in [0, 0.05) is 27.6 Å². The maximum absolute atomic E-state index is 12.3. The van der Waals surface area contributed by atoms with E-state index in [1.54, 1.807) is 43.3 Å². The number of ketones is 1. The molecule has 0 aliphatic carbocycles. The molecule has 0 saturated heterocycles. The molecule has 0 heterocycles. The number of nitro groups is 1. The Morgan fingerprint density at radius 1 is 1.24 bits per heavy atom. The Balaban J connectivity index is 2.08. The Labute approximate surface area is 131 Å². The van der Waals surface area contributed by atoms with E-state index in [-0.39, 0.29) is 16.7 Å². The van der Waals surface area contributed by atoms with Crippen molar-refractivity contribution in [3.8, 4) is 0 Å². The number of carbonyl (C=O) groups is 1. The van der Waals surface area contributed by atoms with Crippen LogP contribution in [0.5, 0.6) is 0 Å². The van der Waals surface area contributed by atoms with Gasteiger partial charge < -0.3 is 0 Å². The first-order chi connectivity index (χ1) is 9.97. The van der Waals surface area contributed by atoms with Gasteiger partial charge in [0.15, 0.2) is 5.78 Å². The highest BCUT2D eigenvalue weighted by atomic mass is 35.5. The second kappa shape index (κ2) is 6.74. The van der Waals surface area contributed by atoms with Crippen molar-refractivity contribution in [3.63, 3.8) is 0 Å². The SMILES string of the molecule is CC(Sc1ccc([N+](=O)[O-])cc1)C(=O)c1cccc(Cl)c1. The van der Waals surface area contributed by atoms with E-state index in [0.717, 1.165) is 4.90 Å². The second-order valence-electron chi connectivity index (χ2n) is 4.39. The number of non-ortho nitro benzene ring substituents is 1. The van der Waals surface area contributed by atoms with E-state index in [1.807, 2.05) is 0 Å². The molecule has 0 aliphatic heterocycles. The van der Waals surface area contributed by atoms with Crippen LogP contribution in [0.15, 0.2) is 53.4 Å². The third kappa shape index (κ3) is 4.06. The fourth-order valence-electron chi connectivity index (χ4n) is 1.78. The smallest absolute Gasteiger partial charge is 0.269 e. The van der Waals surface area contributed by atoms with Crippen molar-refractivity contribution in [1.82, 2.24) is 0 Å². The Hall–Kier alpha value is -1.85. The molecule has 2 aromatic rings. The zero-order chi connectivity index (χ0) is 15.4. The summed E-state index contributed by atoms with van der Waals surface area (Å²) in [6.45, 7) is 1.80. The minimum Gasteiger partial charge on any atom is -0.293 e. The van der Waals surface area contributed by atoms with Crippen molar-refractivity contribution < 1.29 is 9.72 Å². The van der Waals surface area contributed by atoms with Crippen LogP contribution < -0.4 is 0 Å². The molecule has 2 aromatic carbocycles. The lowest BCUT2D eigenvalue weighted by Crippen LogP contribution is -2.13. The highest BCUT2D eigenvalue weighted by Crippen LogP contribution is 2.27. The molecule has 0 aliphatic rings. The van der Waals surface area contributed by atoms with Gasteiger partial charge >= 0.3 is 0 Å². The summed E-state index contributed by atoms with van der Waals surface area (Å²) in [5.74, 6) is -0.0270. The summed E-state index contributed by atoms with van der Waals surface area (Å²) < 4.78 is 0. The average Bonchev–Trinajstić information content (AvgIpc) is 2.47. The summed E-state index contributed by atoms with van der Waals surface area (Å²) >= 11 is 7.24. The van der Waals surface area contributed by atoms with Gasteiger partial charge in [-0.15, -0.1) is 11.8 Å². The number of halogens is 1. The van der Waals surface area contributed by atoms with Crippen molar-refractivity contribution >= 4 is 34.8 Å². The normalized spacial score (nSPS) is 11.9. The third-order valence-electron chi connectivity index (χ3n) is 2.84. The van der Waals surface area contributed by atoms with Gasteiger partial charge in [0.25, 0.3) is 5.69 Å². The van der Waals surface area contributed by atoms with Gasteiger partial charge in [0.2, 0.25) is 0 Å². The Morgan fingerprint density at radius 2 is 1.90 bits per heavy atom. The first-order valence-electron chi connectivity index (χ1n) is 6.18. The molecule has 0 amide bonds. The summed E-state index contributed by atoms with van der Waals surface area (Å²) in [5, 5.41) is 10.8. The largest absolute Gasteiger partial charge is 0.293 e. The molecular weight excluding hydrogens is 310 g/mol. The van der Waals surface area contributed by atoms with Crippen LogP contribution in [-0.2, 0) is 0 Å². The summed E-state index contributed by atoms with van der Waals surface area (Å²) in [5.41, 5.74) is 0.595. The summed E-state index contributed by atoms with van der Waals surface area (Å²) in [4.78, 5) is 23.2. The predicted molar refractivity (Wildman–Crippen MR) is 84.2 cm³/mol. The standard InChI is InChI=1S/C15H12ClNO3S/c1-10(15(18)11-3-2-4-12(16)9-11)21-14-7-5-13(6-8-14)17(19)20/h2-10H,1H3. The number of carbonyl (C=O) groups excluding carboxylic acids is 1. The van der Waals surface area contributed by atoms with E-state index in [1.165, 1.54) is 23.9 Å². The number of Topliss-reactive ketones (excluding diaryl/α,β-unsaturated/α-hetero) is 1. The molecule has 0 N–H and O–H groups in total. The van der Waals surface area contributed by atoms with Crippen molar-refractivity contribution in [2.45, 2.75) is 17.1 Å². The number of thioether (sulfide) groups is 1. The van der Waals surface area contributed by atoms with E-state index >= 15 is 0 Å². The molecular formula is C15H12ClNO3S. The molecule has 21 heavy (non-hydrogen) atoms. The van der Waals surface area contributed by atoms with Gasteiger partial charge in [-0.3, -0.25) is 14.9 Å². The summed E-state index contributed by atoms with van der Waals surface area (Å²) in [6, 6.07) is 13.0. The molecule has 2 rings (SSSR count). The number of nitrogens with zero attached hydrogens (tertiary/aromatic N) is 1. The molecule has 0 radical (unpaired) electrons. The second-order valence-corrected chi connectivity index (χ2v) is 6.24. The molecule has 0 aromatic heterocycles. The lowest BCUT2D eigenvalue weighted by atomic mass is 10.1. The maximum atomic E-state index is 12.3. The van der Waals surface area contributed by atoms with Crippen molar-refractivity contribution in [2.24, 2.45) is 0 Å². The lowest BCUT2D eigenvalue weighted by Gasteiger charge is -2.10. The first kappa shape index (κ1) is 15.5. The number of hydrogen-bond acceptors (Lipinski definition) is 4. The number of nitro benzene ring substituents is 1. The average molecular weight is 322 g/mol. The fourth-order valence-corrected chi connectivity index (χ4v) is 2.92. The maximum Gasteiger partial charge on any atom is 0.269 e. The van der Waals surface area contributed by atoms with Crippen LogP contribution in [0.4, 0.5) is 5.69 Å². The number of hydrogen-bond donors (Lipinski definition) is 0. The predicted octanol–water partition coefficient (Wildman–Crippen LogP) is 4.61. The number of rotatable bonds is 5. The summed E-state index contributed by atoms with van der Waals surface area (Å²) in [6.07, 6.45) is 0. The highest BCUT2D eigenvalue weighted by molar-refractivity contribution is 8.00. The zero-order valence-corrected chi connectivity index (χ0v) is 12.7.